The Labute approximate surface area is 667 Å². The highest BCUT2D eigenvalue weighted by molar-refractivity contribution is 7.47. The molecule has 21 heteroatoms. The van der Waals surface area contributed by atoms with Crippen molar-refractivity contribution in [3.63, 3.8) is 0 Å². The molecule has 0 aliphatic heterocycles. The van der Waals surface area contributed by atoms with E-state index in [1.807, 2.05) is 0 Å². The Kier molecular flexibility index (Phi) is 75.6. The largest absolute Gasteiger partial charge is 0.472 e. The maximum atomic E-state index is 13.5. The molecule has 8 atom stereocenters. The van der Waals surface area contributed by atoms with Gasteiger partial charge in [-0.1, -0.05) is 337 Å². The number of aliphatic hydroxyl groups excluding tert-OH is 2. The zero-order valence-electron chi connectivity index (χ0n) is 72.5. The van der Waals surface area contributed by atoms with Crippen molar-refractivity contribution >= 4 is 21.7 Å². The predicted molar refractivity (Wildman–Crippen MR) is 452 cm³/mol. The van der Waals surface area contributed by atoms with Crippen molar-refractivity contribution in [2.75, 3.05) is 107 Å². The van der Waals surface area contributed by atoms with E-state index in [1.165, 1.54) is 257 Å². The summed E-state index contributed by atoms with van der Waals surface area (Å²) < 4.78 is 75.6. The molecule has 0 saturated heterocycles. The summed E-state index contributed by atoms with van der Waals surface area (Å²) in [5, 5.41) is 27.3. The molecule has 108 heavy (non-hydrogen) atoms. The summed E-state index contributed by atoms with van der Waals surface area (Å²) in [7, 11) is -0.653. The van der Waals surface area contributed by atoms with E-state index in [1.54, 1.807) is 0 Å². The number of nitrogens with zero attached hydrogens (tertiary/aromatic N) is 2. The van der Waals surface area contributed by atoms with Crippen molar-refractivity contribution in [3.8, 4) is 0 Å². The minimum atomic E-state index is -4.57. The summed E-state index contributed by atoms with van der Waals surface area (Å²) in [4.78, 5) is 34.8. The number of phosphoric ester groups is 2. The van der Waals surface area contributed by atoms with E-state index < -0.39 is 34.3 Å². The number of aliphatic hydroxyl groups is 2. The Morgan fingerprint density at radius 2 is 0.537 bits per heavy atom. The molecule has 0 aliphatic rings. The summed E-state index contributed by atoms with van der Waals surface area (Å²) in [6.07, 6.45) is 65.9. The highest BCUT2D eigenvalue weighted by Gasteiger charge is 2.35. The Balaban J connectivity index is 5.71. The third-order valence-corrected chi connectivity index (χ3v) is 24.1. The van der Waals surface area contributed by atoms with Crippen LogP contribution in [0.3, 0.4) is 0 Å². The fraction of sp³-hybridized carbons (Fsp3) is 0.989. The van der Waals surface area contributed by atoms with Crippen LogP contribution in [0.1, 0.15) is 414 Å². The van der Waals surface area contributed by atoms with Gasteiger partial charge in [0.2, 0.25) is 0 Å². The lowest BCUT2D eigenvalue weighted by Gasteiger charge is -2.38. The van der Waals surface area contributed by atoms with Gasteiger partial charge in [0.05, 0.1) is 66.7 Å². The van der Waals surface area contributed by atoms with Gasteiger partial charge in [-0.15, -0.1) is 0 Å². The van der Waals surface area contributed by atoms with E-state index in [4.69, 9.17) is 37.0 Å². The van der Waals surface area contributed by atoms with Crippen LogP contribution in [0.4, 0.5) is 4.79 Å². The molecule has 0 aliphatic carbocycles. The molecule has 648 valence electrons. The molecule has 2 amide bonds. The quantitative estimate of drug-likeness (QED) is 0.0144. The minimum absolute atomic E-state index is 0.0907. The van der Waals surface area contributed by atoms with Gasteiger partial charge >= 0.3 is 21.7 Å². The van der Waals surface area contributed by atoms with Gasteiger partial charge in [-0.05, 0) is 77.0 Å². The zero-order chi connectivity index (χ0) is 79.6. The third-order valence-electron chi connectivity index (χ3n) is 22.2. The van der Waals surface area contributed by atoms with Gasteiger partial charge in [-0.25, -0.2) is 13.9 Å². The molecule has 0 saturated carbocycles. The number of rotatable bonds is 88. The van der Waals surface area contributed by atoms with Gasteiger partial charge in [-0.3, -0.25) is 18.1 Å². The fourth-order valence-corrected chi connectivity index (χ4v) is 15.9. The van der Waals surface area contributed by atoms with Crippen molar-refractivity contribution in [1.29, 1.82) is 0 Å². The van der Waals surface area contributed by atoms with E-state index in [0.29, 0.717) is 47.9 Å². The number of hydrogen-bond donors (Lipinski definition) is 6. The molecule has 0 bridgehead atoms. The number of quaternary nitrogens is 2. The van der Waals surface area contributed by atoms with Crippen molar-refractivity contribution in [2.24, 2.45) is 0 Å². The monoisotopic (exact) mass is 1590 g/mol. The van der Waals surface area contributed by atoms with Crippen molar-refractivity contribution in [2.45, 2.75) is 451 Å². The first-order valence-electron chi connectivity index (χ1n) is 45.9. The molecule has 0 rings (SSSR count). The zero-order valence-corrected chi connectivity index (χ0v) is 74.3. The molecular weight excluding hydrogens is 1400 g/mol. The molecule has 19 nitrogen and oxygen atoms in total. The number of unbranched alkanes of at least 4 members (excludes halogenated alkanes) is 46. The normalized spacial score (nSPS) is 15.1. The van der Waals surface area contributed by atoms with Crippen LogP contribution < -0.4 is 10.6 Å². The first-order chi connectivity index (χ1) is 52.2. The number of ether oxygens (including phenoxy) is 4. The second-order valence-electron chi connectivity index (χ2n) is 33.3. The highest BCUT2D eigenvalue weighted by atomic mass is 31.2. The average Bonchev–Trinajstić information content (AvgIpc) is 0.872. The molecule has 0 aromatic carbocycles. The second kappa shape index (κ2) is 76.2. The molecule has 6 N–H and O–H groups in total. The standard InChI is InChI=1S/C87H180N4O15P2/c1-11-17-23-29-33-37-39-41-45-49-55-61-71-90(7,8)81(77-99-73-67-83(63-57-51-27-21-15-5)105-85(92)65-59-53-47-43-35-31-25-19-13-3)79-103-107(95,96)101-75-69-88-87(94)89-70-76-102-108(97,98)104-80-82(91(9,10)72-62-56-50-46-42-40-38-34-30-24-18-12-2)78-100-74-68-84(64-58-52-28-22-16-6)106-86(93)66-60-54-48-44-36-32-26-20-14-4/h81-86,92-93H,11-80H2,1-10H3,(H2-2,88,89,94,95,96,97,98)/p+2/t81?,82?,83-,84-,85?,86?/m1/s1. The minimum Gasteiger partial charge on any atom is -0.375 e. The number of phosphoric acid groups is 2. The topological polar surface area (TPSA) is 230 Å². The lowest BCUT2D eigenvalue weighted by atomic mass is 10.0. The van der Waals surface area contributed by atoms with E-state index in [0.717, 1.165) is 103 Å². The van der Waals surface area contributed by atoms with Crippen LogP contribution in [0.25, 0.3) is 0 Å². The lowest BCUT2D eigenvalue weighted by molar-refractivity contribution is -0.916. The molecule has 0 radical (unpaired) electrons. The van der Waals surface area contributed by atoms with Gasteiger partial charge in [-0.2, -0.15) is 0 Å². The van der Waals surface area contributed by atoms with E-state index in [-0.39, 0.29) is 77.0 Å². The molecule has 0 fully saturated rings. The summed E-state index contributed by atoms with van der Waals surface area (Å²) in [6, 6.07) is -1.21. The Bertz CT molecular complexity index is 1870. The summed E-state index contributed by atoms with van der Waals surface area (Å²) >= 11 is 0. The first kappa shape index (κ1) is 107. The van der Waals surface area contributed by atoms with Gasteiger partial charge in [0.15, 0.2) is 12.6 Å². The van der Waals surface area contributed by atoms with Crippen LogP contribution in [-0.4, -0.2) is 179 Å². The van der Waals surface area contributed by atoms with Crippen LogP contribution in [0, 0.1) is 0 Å². The van der Waals surface area contributed by atoms with Gasteiger partial charge in [0.1, 0.15) is 38.5 Å². The number of amides is 2. The average molecular weight is 1590 g/mol. The molecule has 0 aromatic heterocycles. The van der Waals surface area contributed by atoms with E-state index in [2.05, 4.69) is 80.4 Å². The van der Waals surface area contributed by atoms with Gasteiger partial charge < -0.3 is 58.5 Å². The first-order valence-corrected chi connectivity index (χ1v) is 48.9. The molecule has 0 aromatic rings. The smallest absolute Gasteiger partial charge is 0.375 e. The molecule has 0 heterocycles. The highest BCUT2D eigenvalue weighted by Crippen LogP contribution is 2.44. The maximum absolute atomic E-state index is 13.5. The Morgan fingerprint density at radius 3 is 0.796 bits per heavy atom. The summed E-state index contributed by atoms with van der Waals surface area (Å²) in [5.41, 5.74) is 0. The van der Waals surface area contributed by atoms with Crippen LogP contribution in [0.5, 0.6) is 0 Å². The van der Waals surface area contributed by atoms with Crippen LogP contribution >= 0.6 is 15.6 Å². The molecular formula is C87H182N4O15P2+2. The van der Waals surface area contributed by atoms with Crippen molar-refractivity contribution in [3.05, 3.63) is 0 Å². The number of likely N-dealkylation sites (N-methyl/N-ethyl adjacent to an activating group) is 2. The lowest BCUT2D eigenvalue weighted by Crippen LogP contribution is -2.54. The van der Waals surface area contributed by atoms with Crippen LogP contribution in [0.2, 0.25) is 0 Å². The number of nitrogens with one attached hydrogen (secondary N) is 2. The summed E-state index contributed by atoms with van der Waals surface area (Å²) in [6.45, 7) is 15.5. The number of urea groups is 1. The predicted octanol–water partition coefficient (Wildman–Crippen LogP) is 23.6. The fourth-order valence-electron chi connectivity index (χ4n) is 14.4. The maximum Gasteiger partial charge on any atom is 0.472 e. The Hall–Kier alpha value is -0.830. The van der Waals surface area contributed by atoms with E-state index in [9.17, 15) is 33.9 Å². The number of hydrogen-bond acceptors (Lipinski definition) is 13. The Morgan fingerprint density at radius 1 is 0.306 bits per heavy atom. The molecule has 6 unspecified atom stereocenters. The molecule has 0 spiro atoms. The third kappa shape index (κ3) is 70.6. The SMILES string of the molecule is CCCCCCCCCCCCCC[N+](C)(C)C(COCC[C@@H](CCCCCCC)OC(O)CCCCCCCCCCC)COP(=O)(O)OCCNC(=O)NCCOP(=O)(O)OCC(COCC[C@@H](CCCCCCC)OC(O)CCCCCCCCCCC)[N+](C)(C)CCCCCCCCCCCCCC. The number of carbonyl (C=O) groups is 1. The van der Waals surface area contributed by atoms with Crippen LogP contribution in [0.15, 0.2) is 0 Å². The summed E-state index contributed by atoms with van der Waals surface area (Å²) in [5.74, 6) is 0. The van der Waals surface area contributed by atoms with Crippen LogP contribution in [-0.2, 0) is 46.2 Å². The van der Waals surface area contributed by atoms with Gasteiger partial charge in [0.25, 0.3) is 0 Å². The van der Waals surface area contributed by atoms with E-state index >= 15 is 0 Å². The van der Waals surface area contributed by atoms with Crippen molar-refractivity contribution < 1.29 is 79.9 Å². The second-order valence-corrected chi connectivity index (χ2v) is 36.2. The van der Waals surface area contributed by atoms with Crippen molar-refractivity contribution in [1.82, 2.24) is 10.6 Å². The van der Waals surface area contributed by atoms with Gasteiger partial charge in [0, 0.05) is 26.3 Å². The number of carbonyl (C=O) groups excluding carboxylic acids is 1.